The molecule has 0 saturated carbocycles. The highest BCUT2D eigenvalue weighted by Gasteiger charge is 2.01. The minimum absolute atomic E-state index is 0.437. The molecule has 77 valence electrons. The van der Waals surface area contributed by atoms with Gasteiger partial charge in [-0.05, 0) is 6.42 Å². The summed E-state index contributed by atoms with van der Waals surface area (Å²) in [5, 5.41) is 0. The van der Waals surface area contributed by atoms with Gasteiger partial charge >= 0.3 is 6.03 Å². The number of primary amides is 1. The van der Waals surface area contributed by atoms with Crippen molar-refractivity contribution in [3.63, 3.8) is 0 Å². The molecule has 3 nitrogen and oxygen atoms in total. The second kappa shape index (κ2) is 7.90. The number of nitrogens with zero attached hydrogens (tertiary/aromatic N) is 1. The molecule has 13 heavy (non-hydrogen) atoms. The zero-order chi connectivity index (χ0) is 10.1. The second-order valence-corrected chi connectivity index (χ2v) is 3.37. The first-order chi connectivity index (χ1) is 6.18. The van der Waals surface area contributed by atoms with Gasteiger partial charge in [0.2, 0.25) is 0 Å². The van der Waals surface area contributed by atoms with Crippen LogP contribution in [0.3, 0.4) is 0 Å². The van der Waals surface area contributed by atoms with Gasteiger partial charge in [-0.15, -0.1) is 0 Å². The third kappa shape index (κ3) is 7.62. The number of urea groups is 1. The highest BCUT2D eigenvalue weighted by atomic mass is 16.2. The summed E-state index contributed by atoms with van der Waals surface area (Å²) in [6, 6.07) is -0.437. The van der Waals surface area contributed by atoms with E-state index in [1.54, 1.807) is 0 Å². The van der Waals surface area contributed by atoms with Crippen molar-refractivity contribution in [2.24, 2.45) is 5.73 Å². The Kier molecular flexibility index (Phi) is 7.45. The lowest BCUT2D eigenvalue weighted by molar-refractivity contribution is 0.223. The number of carbonyl (C=O) groups is 1. The van der Waals surface area contributed by atoms with Crippen LogP contribution in [0.1, 0.15) is 45.4 Å². The van der Waals surface area contributed by atoms with Crippen molar-refractivity contribution in [2.45, 2.75) is 45.4 Å². The number of hydrogen-bond donors (Lipinski definition) is 1. The molecule has 2 N–H and O–H groups in total. The third-order valence-corrected chi connectivity index (χ3v) is 2.09. The van der Waals surface area contributed by atoms with Crippen molar-refractivity contribution in [1.82, 2.24) is 4.90 Å². The lowest BCUT2D eigenvalue weighted by Gasteiger charge is -2.12. The monoisotopic (exact) mass is 185 g/mol. The van der Waals surface area contributed by atoms with Crippen LogP contribution in [0.25, 0.3) is 0 Å². The smallest absolute Gasteiger partial charge is 0.314 e. The molecule has 3 heteroatoms. The molecule has 0 bridgehead atoms. The van der Waals surface area contributed by atoms with Gasteiger partial charge in [-0.2, -0.15) is 0 Å². The summed E-state index contributed by atoms with van der Waals surface area (Å²) in [5.74, 6) is 0. The fourth-order valence-electron chi connectivity index (χ4n) is 1.19. The fraction of sp³-hybridized carbons (Fsp3) is 0.800. The maximum atomic E-state index is 10.6. The Labute approximate surface area is 81.3 Å². The molecule has 0 fully saturated rings. The lowest BCUT2D eigenvalue weighted by atomic mass is 10.1. The number of carbonyl (C=O) groups excluding carboxylic acids is 1. The average Bonchev–Trinajstić information content (AvgIpc) is 2.10. The summed E-state index contributed by atoms with van der Waals surface area (Å²) in [6.45, 7) is 2.88. The van der Waals surface area contributed by atoms with Gasteiger partial charge in [0, 0.05) is 13.6 Å². The number of amides is 2. The van der Waals surface area contributed by atoms with E-state index in [2.05, 4.69) is 14.0 Å². The molecule has 0 aromatic rings. The van der Waals surface area contributed by atoms with Crippen LogP contribution >= 0.6 is 0 Å². The SMILES string of the molecule is [CH2]N(CCCCCCCC)C(N)=O. The molecule has 0 aromatic heterocycles. The highest BCUT2D eigenvalue weighted by Crippen LogP contribution is 2.05. The molecule has 0 heterocycles. The van der Waals surface area contributed by atoms with Crippen LogP contribution in [0.2, 0.25) is 0 Å². The zero-order valence-corrected chi connectivity index (χ0v) is 8.59. The van der Waals surface area contributed by atoms with Gasteiger partial charge < -0.3 is 10.6 Å². The summed E-state index contributed by atoms with van der Waals surface area (Å²) < 4.78 is 0. The minimum Gasteiger partial charge on any atom is -0.351 e. The van der Waals surface area contributed by atoms with E-state index < -0.39 is 6.03 Å². The Balaban J connectivity index is 3.11. The van der Waals surface area contributed by atoms with Crippen molar-refractivity contribution in [2.75, 3.05) is 6.54 Å². The number of nitrogens with two attached hydrogens (primary N) is 1. The first kappa shape index (κ1) is 12.3. The van der Waals surface area contributed by atoms with E-state index in [4.69, 9.17) is 5.73 Å². The Morgan fingerprint density at radius 3 is 2.31 bits per heavy atom. The van der Waals surface area contributed by atoms with E-state index in [0.717, 1.165) is 6.42 Å². The Bertz CT molecular complexity index is 137. The molecule has 0 atom stereocenters. The predicted molar refractivity (Wildman–Crippen MR) is 55.0 cm³/mol. The van der Waals surface area contributed by atoms with Gasteiger partial charge in [0.25, 0.3) is 0 Å². The number of hydrogen-bond acceptors (Lipinski definition) is 1. The molecule has 0 aliphatic carbocycles. The van der Waals surface area contributed by atoms with Crippen molar-refractivity contribution in [3.05, 3.63) is 7.05 Å². The van der Waals surface area contributed by atoms with E-state index in [9.17, 15) is 4.79 Å². The van der Waals surface area contributed by atoms with E-state index in [1.165, 1.54) is 37.0 Å². The quantitative estimate of drug-likeness (QED) is 0.609. The van der Waals surface area contributed by atoms with Crippen molar-refractivity contribution in [1.29, 1.82) is 0 Å². The predicted octanol–water partition coefficient (Wildman–Crippen LogP) is 2.52. The van der Waals surface area contributed by atoms with E-state index in [-0.39, 0.29) is 0 Å². The standard InChI is InChI=1S/C10H21N2O/c1-3-4-5-6-7-8-9-12(2)10(11)13/h2-9H2,1H3,(H2,11,13). The Morgan fingerprint density at radius 1 is 1.23 bits per heavy atom. The molecule has 0 aliphatic rings. The molecule has 0 aliphatic heterocycles. The van der Waals surface area contributed by atoms with Crippen molar-refractivity contribution < 1.29 is 4.79 Å². The molecule has 0 aromatic carbocycles. The van der Waals surface area contributed by atoms with Gasteiger partial charge in [-0.1, -0.05) is 39.0 Å². The third-order valence-electron chi connectivity index (χ3n) is 2.09. The van der Waals surface area contributed by atoms with E-state index in [0.29, 0.717) is 6.54 Å². The molecule has 0 unspecified atom stereocenters. The molecule has 1 radical (unpaired) electrons. The topological polar surface area (TPSA) is 46.3 Å². The minimum atomic E-state index is -0.437. The van der Waals surface area contributed by atoms with Crippen LogP contribution in [0.15, 0.2) is 0 Å². The first-order valence-corrected chi connectivity index (χ1v) is 5.06. The lowest BCUT2D eigenvalue weighted by Crippen LogP contribution is -2.30. The normalized spacial score (nSPS) is 10.0. The van der Waals surface area contributed by atoms with E-state index in [1.807, 2.05) is 0 Å². The van der Waals surface area contributed by atoms with Gasteiger partial charge in [-0.3, -0.25) is 0 Å². The highest BCUT2D eigenvalue weighted by molar-refractivity contribution is 5.72. The van der Waals surface area contributed by atoms with Crippen molar-refractivity contribution in [3.8, 4) is 0 Å². The maximum Gasteiger partial charge on any atom is 0.314 e. The maximum absolute atomic E-state index is 10.6. The van der Waals surface area contributed by atoms with Gasteiger partial charge in [0.15, 0.2) is 0 Å². The molecule has 0 saturated heterocycles. The average molecular weight is 185 g/mol. The van der Waals surface area contributed by atoms with Crippen LogP contribution < -0.4 is 5.73 Å². The molecule has 2 amide bonds. The Hall–Kier alpha value is -0.730. The van der Waals surface area contributed by atoms with Gasteiger partial charge in [-0.25, -0.2) is 4.79 Å². The van der Waals surface area contributed by atoms with Gasteiger partial charge in [0.05, 0.1) is 0 Å². The first-order valence-electron chi connectivity index (χ1n) is 5.06. The Morgan fingerprint density at radius 2 is 1.77 bits per heavy atom. The van der Waals surface area contributed by atoms with E-state index >= 15 is 0 Å². The van der Waals surface area contributed by atoms with Crippen LogP contribution in [0.5, 0.6) is 0 Å². The molecular weight excluding hydrogens is 164 g/mol. The zero-order valence-electron chi connectivity index (χ0n) is 8.59. The van der Waals surface area contributed by atoms with Crippen molar-refractivity contribution >= 4 is 6.03 Å². The summed E-state index contributed by atoms with van der Waals surface area (Å²) in [5.41, 5.74) is 5.02. The number of rotatable bonds is 7. The van der Waals surface area contributed by atoms with Crippen LogP contribution in [-0.2, 0) is 0 Å². The van der Waals surface area contributed by atoms with Gasteiger partial charge in [0.1, 0.15) is 0 Å². The summed E-state index contributed by atoms with van der Waals surface area (Å²) in [6.07, 6.45) is 7.30. The molecule has 0 spiro atoms. The largest absolute Gasteiger partial charge is 0.351 e. The second-order valence-electron chi connectivity index (χ2n) is 3.37. The molecular formula is C10H21N2O. The fourth-order valence-corrected chi connectivity index (χ4v) is 1.19. The van der Waals surface area contributed by atoms with Crippen LogP contribution in [0, 0.1) is 7.05 Å². The molecule has 0 rings (SSSR count). The van der Waals surface area contributed by atoms with Crippen LogP contribution in [0.4, 0.5) is 4.79 Å². The summed E-state index contributed by atoms with van der Waals surface area (Å²) >= 11 is 0. The number of unbranched alkanes of at least 4 members (excludes halogenated alkanes) is 5. The van der Waals surface area contributed by atoms with Crippen LogP contribution in [-0.4, -0.2) is 17.5 Å². The summed E-state index contributed by atoms with van der Waals surface area (Å²) in [7, 11) is 3.53. The summed E-state index contributed by atoms with van der Waals surface area (Å²) in [4.78, 5) is 11.9.